The van der Waals surface area contributed by atoms with Crippen molar-refractivity contribution in [3.8, 4) is 0 Å². The van der Waals surface area contributed by atoms with Gasteiger partial charge in [0.05, 0.1) is 12.1 Å². The highest BCUT2D eigenvalue weighted by atomic mass is 16.5. The van der Waals surface area contributed by atoms with Crippen molar-refractivity contribution in [1.29, 1.82) is 0 Å². The predicted molar refractivity (Wildman–Crippen MR) is 57.3 cm³/mol. The molecule has 0 heterocycles. The van der Waals surface area contributed by atoms with Gasteiger partial charge < -0.3 is 10.3 Å². The molecule has 0 aromatic carbocycles. The smallest absolute Gasteiger partial charge is 0.110 e. The molecule has 0 fully saturated rings. The fraction of sp³-hybridized carbons (Fsp3) is 0.800. The van der Waals surface area contributed by atoms with Crippen LogP contribution in [0.5, 0.6) is 0 Å². The van der Waals surface area contributed by atoms with E-state index in [1.165, 1.54) is 6.20 Å². The molecule has 3 N–H and O–H groups in total. The first-order chi connectivity index (χ1) is 6.57. The molecule has 0 saturated heterocycles. The zero-order chi connectivity index (χ0) is 11.0. The Bertz CT molecular complexity index is 160. The maximum absolute atomic E-state index is 11.2. The number of allylic oxidation sites excluding steroid dienone is 1. The van der Waals surface area contributed by atoms with Crippen LogP contribution < -0.4 is 10.6 Å². The van der Waals surface area contributed by atoms with Gasteiger partial charge in [-0.05, 0) is 32.8 Å². The van der Waals surface area contributed by atoms with Crippen LogP contribution in [0.1, 0.15) is 40.0 Å². The van der Waals surface area contributed by atoms with Gasteiger partial charge in [0.15, 0.2) is 0 Å². The van der Waals surface area contributed by atoms with Gasteiger partial charge in [-0.3, -0.25) is 5.17 Å². The quantitative estimate of drug-likeness (QED) is 0.412. The van der Waals surface area contributed by atoms with E-state index in [9.17, 15) is 5.21 Å². The molecular weight excluding hydrogens is 180 g/mol. The summed E-state index contributed by atoms with van der Waals surface area (Å²) >= 11 is 0. The lowest BCUT2D eigenvalue weighted by Crippen LogP contribution is -3.11. The highest BCUT2D eigenvalue weighted by molar-refractivity contribution is 4.72. The van der Waals surface area contributed by atoms with Crippen LogP contribution in [-0.4, -0.2) is 17.3 Å². The summed E-state index contributed by atoms with van der Waals surface area (Å²) in [7, 11) is 0. The van der Waals surface area contributed by atoms with Crippen LogP contribution in [0, 0.1) is 5.21 Å². The van der Waals surface area contributed by atoms with Crippen molar-refractivity contribution in [2.45, 2.75) is 52.2 Å². The fourth-order valence-corrected chi connectivity index (χ4v) is 0.905. The van der Waals surface area contributed by atoms with E-state index in [4.69, 9.17) is 5.11 Å². The van der Waals surface area contributed by atoms with Crippen molar-refractivity contribution in [1.82, 2.24) is 5.43 Å². The minimum absolute atomic E-state index is 0.130. The number of aliphatic hydroxyl groups excluding tert-OH is 1. The molecule has 3 unspecified atom stereocenters. The van der Waals surface area contributed by atoms with Crippen molar-refractivity contribution in [2.24, 2.45) is 0 Å². The summed E-state index contributed by atoms with van der Waals surface area (Å²) in [6, 6.07) is -0.196. The Morgan fingerprint density at radius 1 is 1.50 bits per heavy atom. The Balaban J connectivity index is 3.63. The van der Waals surface area contributed by atoms with Crippen LogP contribution >= 0.6 is 0 Å². The highest BCUT2D eigenvalue weighted by Gasteiger charge is 2.09. The topological polar surface area (TPSA) is 59.8 Å². The number of hydroxylamine groups is 1. The number of hydrogen-bond acceptors (Lipinski definition) is 3. The molecule has 0 bridgehead atoms. The lowest BCUT2D eigenvalue weighted by atomic mass is 10.2. The molecule has 14 heavy (non-hydrogen) atoms. The van der Waals surface area contributed by atoms with Gasteiger partial charge in [0.2, 0.25) is 0 Å². The molecular formula is C10H22N2O2. The monoisotopic (exact) mass is 202 g/mol. The van der Waals surface area contributed by atoms with E-state index in [2.05, 4.69) is 12.3 Å². The van der Waals surface area contributed by atoms with Gasteiger partial charge in [0, 0.05) is 0 Å². The standard InChI is InChI=1S/C10H22N2O2/c1-4-5-6-7-8-12(14)11-9(2)10(3)13/h7-13H,4-6H2,1-3H3. The van der Waals surface area contributed by atoms with Crippen LogP contribution in [0.15, 0.2) is 12.3 Å². The molecule has 0 saturated carbocycles. The molecule has 0 aliphatic heterocycles. The average molecular weight is 202 g/mol. The molecule has 0 aliphatic carbocycles. The summed E-state index contributed by atoms with van der Waals surface area (Å²) in [6.45, 7) is 5.55. The van der Waals surface area contributed by atoms with E-state index in [1.807, 2.05) is 6.08 Å². The van der Waals surface area contributed by atoms with Gasteiger partial charge in [-0.15, -0.1) is 0 Å². The maximum Gasteiger partial charge on any atom is 0.110 e. The molecule has 0 radical (unpaired) electrons. The first-order valence-electron chi connectivity index (χ1n) is 5.23. The average Bonchev–Trinajstić information content (AvgIpc) is 2.12. The molecule has 0 spiro atoms. The van der Waals surface area contributed by atoms with Gasteiger partial charge in [-0.2, -0.15) is 5.43 Å². The van der Waals surface area contributed by atoms with Gasteiger partial charge in [0.25, 0.3) is 0 Å². The molecule has 0 rings (SSSR count). The first kappa shape index (κ1) is 13.6. The van der Waals surface area contributed by atoms with E-state index >= 15 is 0 Å². The van der Waals surface area contributed by atoms with Crippen LogP contribution in [-0.2, 0) is 0 Å². The molecule has 0 aromatic rings. The second kappa shape index (κ2) is 7.94. The lowest BCUT2D eigenvalue weighted by molar-refractivity contribution is -0.847. The van der Waals surface area contributed by atoms with E-state index < -0.39 is 6.10 Å². The van der Waals surface area contributed by atoms with Crippen molar-refractivity contribution in [3.63, 3.8) is 0 Å². The summed E-state index contributed by atoms with van der Waals surface area (Å²) in [5.74, 6) is 0. The molecule has 4 nitrogen and oxygen atoms in total. The number of aliphatic hydroxyl groups is 1. The molecule has 84 valence electrons. The number of rotatable bonds is 7. The Morgan fingerprint density at radius 2 is 2.14 bits per heavy atom. The molecule has 4 heteroatoms. The van der Waals surface area contributed by atoms with Crippen LogP contribution in [0.2, 0.25) is 0 Å². The Hall–Kier alpha value is -0.420. The minimum atomic E-state index is -0.511. The minimum Gasteiger partial charge on any atom is -0.608 e. The number of nitrogens with one attached hydrogen (secondary N) is 2. The van der Waals surface area contributed by atoms with Gasteiger partial charge in [0.1, 0.15) is 6.20 Å². The van der Waals surface area contributed by atoms with E-state index in [0.717, 1.165) is 19.3 Å². The third-order valence-corrected chi connectivity index (χ3v) is 2.09. The number of unbranched alkanes of at least 4 members (excludes halogenated alkanes) is 2. The van der Waals surface area contributed by atoms with Crippen LogP contribution in [0.25, 0.3) is 0 Å². The van der Waals surface area contributed by atoms with Crippen molar-refractivity contribution < 1.29 is 10.3 Å². The Labute approximate surface area is 86.2 Å². The zero-order valence-electron chi connectivity index (χ0n) is 9.29. The summed E-state index contributed by atoms with van der Waals surface area (Å²) in [5.41, 5.74) is 2.68. The summed E-state index contributed by atoms with van der Waals surface area (Å²) in [5, 5.41) is 20.2. The number of hydrogen-bond donors (Lipinski definition) is 3. The van der Waals surface area contributed by atoms with E-state index in [0.29, 0.717) is 0 Å². The third-order valence-electron chi connectivity index (χ3n) is 2.09. The van der Waals surface area contributed by atoms with E-state index in [1.54, 1.807) is 13.8 Å². The third kappa shape index (κ3) is 7.03. The summed E-state index contributed by atoms with van der Waals surface area (Å²) in [6.07, 6.45) is 6.07. The Morgan fingerprint density at radius 3 is 2.64 bits per heavy atom. The fourth-order valence-electron chi connectivity index (χ4n) is 0.905. The molecule has 0 aliphatic rings. The molecule has 3 atom stereocenters. The maximum atomic E-state index is 11.2. The van der Waals surface area contributed by atoms with E-state index in [-0.39, 0.29) is 11.2 Å². The van der Waals surface area contributed by atoms with Crippen molar-refractivity contribution in [2.75, 3.05) is 0 Å². The SMILES string of the molecule is CCCCC=C[NH+]([O-])NC(C)C(C)O. The van der Waals surface area contributed by atoms with Crippen molar-refractivity contribution >= 4 is 0 Å². The van der Waals surface area contributed by atoms with Crippen molar-refractivity contribution in [3.05, 3.63) is 17.5 Å². The molecule has 0 aromatic heterocycles. The highest BCUT2D eigenvalue weighted by Crippen LogP contribution is 1.92. The lowest BCUT2D eigenvalue weighted by Gasteiger charge is -2.23. The van der Waals surface area contributed by atoms with Crippen LogP contribution in [0.3, 0.4) is 0 Å². The molecule has 0 amide bonds. The van der Waals surface area contributed by atoms with Gasteiger partial charge in [-0.1, -0.05) is 13.3 Å². The largest absolute Gasteiger partial charge is 0.608 e. The second-order valence-electron chi connectivity index (χ2n) is 3.58. The van der Waals surface area contributed by atoms with Crippen LogP contribution in [0.4, 0.5) is 0 Å². The zero-order valence-corrected chi connectivity index (χ0v) is 9.29. The summed E-state index contributed by atoms with van der Waals surface area (Å²) in [4.78, 5) is 0. The second-order valence-corrected chi connectivity index (χ2v) is 3.58. The number of quaternary nitrogens is 1. The van der Waals surface area contributed by atoms with Gasteiger partial charge in [-0.25, -0.2) is 0 Å². The predicted octanol–water partition coefficient (Wildman–Crippen LogP) is 0.347. The first-order valence-corrected chi connectivity index (χ1v) is 5.23. The van der Waals surface area contributed by atoms with Gasteiger partial charge >= 0.3 is 0 Å². The normalized spacial score (nSPS) is 18.4. The summed E-state index contributed by atoms with van der Waals surface area (Å²) < 4.78 is 0. The Kier molecular flexibility index (Phi) is 7.70.